The number of fused-ring (bicyclic) bond motifs is 3. The Morgan fingerprint density at radius 2 is 2.09 bits per heavy atom. The molecule has 5 heteroatoms. The maximum Gasteiger partial charge on any atom is 0.252 e. The summed E-state index contributed by atoms with van der Waals surface area (Å²) < 4.78 is 6.63. The van der Waals surface area contributed by atoms with Crippen molar-refractivity contribution in [3.63, 3.8) is 0 Å². The summed E-state index contributed by atoms with van der Waals surface area (Å²) in [6.07, 6.45) is 8.77. The number of piperidine rings is 1. The number of aromatic nitrogens is 1. The Morgan fingerprint density at radius 3 is 2.89 bits per heavy atom. The van der Waals surface area contributed by atoms with Crippen LogP contribution in [0.5, 0.6) is 5.75 Å². The predicted octanol–water partition coefficient (Wildman–Crippen LogP) is 5.61. The first kappa shape index (κ1) is 22.3. The minimum Gasteiger partial charge on any atom is -0.486 e. The number of aryl methyl sites for hydroxylation is 1. The van der Waals surface area contributed by atoms with Crippen molar-refractivity contribution >= 4 is 22.9 Å². The van der Waals surface area contributed by atoms with Gasteiger partial charge in [-0.15, -0.1) is 0 Å². The molecule has 1 aliphatic carbocycles. The van der Waals surface area contributed by atoms with E-state index in [4.69, 9.17) is 4.74 Å². The Balaban J connectivity index is 1.28. The standard InChI is InChI=1S/C30H33N3O2/c1-4-22-15-26(24-7-5-13-31-27(24)16-22)30(11-12-30)32-28(34)25-17-23(9-8-20(25)2)35-29-10-6-14-33(19-29)21(3)18-29/h4-5,7-9,13,15-17,21H,1,6,10-12,14,18-19H2,2-3H3,(H,32,34). The smallest absolute Gasteiger partial charge is 0.252 e. The van der Waals surface area contributed by atoms with E-state index >= 15 is 0 Å². The Kier molecular flexibility index (Phi) is 5.22. The SMILES string of the molecule is C=Cc1cc(C2(NC(=O)c3cc(OC45CCCN(C4)C(C)C5)ccc3C)CC2)c2cccnc2c1. The lowest BCUT2D eigenvalue weighted by molar-refractivity contribution is 0.0447. The van der Waals surface area contributed by atoms with Gasteiger partial charge in [-0.05, 0) is 93.1 Å². The first-order valence-corrected chi connectivity index (χ1v) is 12.8. The minimum absolute atomic E-state index is 0.0472. The molecule has 3 unspecified atom stereocenters. The van der Waals surface area contributed by atoms with Crippen LogP contribution in [-0.2, 0) is 5.54 Å². The minimum atomic E-state index is -0.371. The number of nitrogens with one attached hydrogen (secondary N) is 1. The average Bonchev–Trinajstić information content (AvgIpc) is 3.60. The molecule has 1 N–H and O–H groups in total. The Morgan fingerprint density at radius 1 is 1.23 bits per heavy atom. The quantitative estimate of drug-likeness (QED) is 0.512. The number of benzene rings is 2. The number of carbonyl (C=O) groups excluding carboxylic acids is 1. The summed E-state index contributed by atoms with van der Waals surface area (Å²) in [6.45, 7) is 10.4. The summed E-state index contributed by atoms with van der Waals surface area (Å²) in [7, 11) is 0. The number of amides is 1. The Labute approximate surface area is 207 Å². The van der Waals surface area contributed by atoms with E-state index < -0.39 is 0 Å². The van der Waals surface area contributed by atoms with E-state index in [1.165, 1.54) is 6.42 Å². The van der Waals surface area contributed by atoms with Crippen LogP contribution in [0.3, 0.4) is 0 Å². The third-order valence-corrected chi connectivity index (χ3v) is 8.24. The molecular weight excluding hydrogens is 434 g/mol. The molecule has 180 valence electrons. The molecule has 1 amide bonds. The number of hydrogen-bond donors (Lipinski definition) is 1. The molecular formula is C30H33N3O2. The van der Waals surface area contributed by atoms with Crippen LogP contribution in [0.15, 0.2) is 55.2 Å². The second-order valence-corrected chi connectivity index (χ2v) is 10.8. The maximum absolute atomic E-state index is 13.6. The molecule has 1 aromatic heterocycles. The summed E-state index contributed by atoms with van der Waals surface area (Å²) in [5.41, 5.74) is 4.21. The van der Waals surface area contributed by atoms with Crippen LogP contribution >= 0.6 is 0 Å². The summed E-state index contributed by atoms with van der Waals surface area (Å²) in [6, 6.07) is 14.8. The van der Waals surface area contributed by atoms with E-state index in [2.05, 4.69) is 40.8 Å². The van der Waals surface area contributed by atoms with E-state index in [-0.39, 0.29) is 17.0 Å². The fourth-order valence-electron chi connectivity index (χ4n) is 6.22. The zero-order valence-corrected chi connectivity index (χ0v) is 20.6. The van der Waals surface area contributed by atoms with Crippen molar-refractivity contribution in [2.45, 2.75) is 63.1 Å². The molecule has 3 fully saturated rings. The van der Waals surface area contributed by atoms with Crippen molar-refractivity contribution in [1.29, 1.82) is 0 Å². The molecule has 0 radical (unpaired) electrons. The Bertz CT molecular complexity index is 1320. The Hall–Kier alpha value is -3.18. The molecule has 6 rings (SSSR count). The van der Waals surface area contributed by atoms with Crippen molar-refractivity contribution in [3.8, 4) is 5.75 Å². The van der Waals surface area contributed by atoms with E-state index in [9.17, 15) is 4.79 Å². The van der Waals surface area contributed by atoms with Crippen LogP contribution in [0.2, 0.25) is 0 Å². The molecule has 3 aromatic rings. The van der Waals surface area contributed by atoms with Crippen molar-refractivity contribution in [2.24, 2.45) is 0 Å². The number of rotatable bonds is 6. The number of nitrogens with zero attached hydrogens (tertiary/aromatic N) is 2. The molecule has 2 saturated heterocycles. The lowest BCUT2D eigenvalue weighted by Gasteiger charge is -2.34. The van der Waals surface area contributed by atoms with Gasteiger partial charge >= 0.3 is 0 Å². The summed E-state index contributed by atoms with van der Waals surface area (Å²) >= 11 is 0. The first-order valence-electron chi connectivity index (χ1n) is 12.8. The summed E-state index contributed by atoms with van der Waals surface area (Å²) in [5, 5.41) is 4.47. The fraction of sp³-hybridized carbons (Fsp3) is 0.400. The molecule has 3 atom stereocenters. The van der Waals surface area contributed by atoms with Gasteiger partial charge in [0.2, 0.25) is 0 Å². The second-order valence-electron chi connectivity index (χ2n) is 10.8. The van der Waals surface area contributed by atoms with Gasteiger partial charge in [-0.1, -0.05) is 24.8 Å². The normalized spacial score (nSPS) is 26.3. The third-order valence-electron chi connectivity index (χ3n) is 8.24. The predicted molar refractivity (Wildman–Crippen MR) is 140 cm³/mol. The van der Waals surface area contributed by atoms with E-state index in [1.54, 1.807) is 0 Å². The number of carbonyl (C=O) groups is 1. The van der Waals surface area contributed by atoms with Crippen LogP contribution in [0.25, 0.3) is 17.0 Å². The second kappa shape index (κ2) is 8.20. The van der Waals surface area contributed by atoms with Crippen molar-refractivity contribution in [2.75, 3.05) is 13.1 Å². The summed E-state index contributed by atoms with van der Waals surface area (Å²) in [5.74, 6) is 0.749. The van der Waals surface area contributed by atoms with Gasteiger partial charge in [-0.25, -0.2) is 0 Å². The van der Waals surface area contributed by atoms with Gasteiger partial charge in [0.1, 0.15) is 11.4 Å². The van der Waals surface area contributed by atoms with Gasteiger partial charge in [0.15, 0.2) is 0 Å². The van der Waals surface area contributed by atoms with Crippen LogP contribution in [0.1, 0.15) is 66.1 Å². The topological polar surface area (TPSA) is 54.5 Å². The van der Waals surface area contributed by atoms with Crippen LogP contribution in [0, 0.1) is 6.92 Å². The zero-order chi connectivity index (χ0) is 24.2. The average molecular weight is 468 g/mol. The number of ether oxygens (including phenoxy) is 1. The van der Waals surface area contributed by atoms with Crippen LogP contribution < -0.4 is 10.1 Å². The van der Waals surface area contributed by atoms with Gasteiger partial charge in [-0.2, -0.15) is 0 Å². The lowest BCUT2D eigenvalue weighted by atomic mass is 9.93. The van der Waals surface area contributed by atoms with Gasteiger partial charge < -0.3 is 10.1 Å². The highest BCUT2D eigenvalue weighted by Gasteiger charge is 2.48. The van der Waals surface area contributed by atoms with Gasteiger partial charge in [0, 0.05) is 36.2 Å². The number of hydrogen-bond acceptors (Lipinski definition) is 4. The first-order chi connectivity index (χ1) is 16.9. The molecule has 1 saturated carbocycles. The molecule has 2 bridgehead atoms. The fourth-order valence-corrected chi connectivity index (χ4v) is 6.22. The lowest BCUT2D eigenvalue weighted by Crippen LogP contribution is -2.43. The molecule has 3 aliphatic rings. The molecule has 5 nitrogen and oxygen atoms in total. The summed E-state index contributed by atoms with van der Waals surface area (Å²) in [4.78, 5) is 20.7. The number of pyridine rings is 1. The molecule has 2 aromatic carbocycles. The largest absolute Gasteiger partial charge is 0.486 e. The highest BCUT2D eigenvalue weighted by Crippen LogP contribution is 2.48. The van der Waals surface area contributed by atoms with E-state index in [0.29, 0.717) is 11.6 Å². The van der Waals surface area contributed by atoms with Crippen molar-refractivity contribution < 1.29 is 9.53 Å². The molecule has 35 heavy (non-hydrogen) atoms. The van der Waals surface area contributed by atoms with Crippen LogP contribution in [-0.4, -0.2) is 40.5 Å². The van der Waals surface area contributed by atoms with Crippen molar-refractivity contribution in [1.82, 2.24) is 15.2 Å². The van der Waals surface area contributed by atoms with Gasteiger partial charge in [0.25, 0.3) is 5.91 Å². The van der Waals surface area contributed by atoms with E-state index in [0.717, 1.165) is 72.1 Å². The highest BCUT2D eigenvalue weighted by atomic mass is 16.5. The van der Waals surface area contributed by atoms with E-state index in [1.807, 2.05) is 49.5 Å². The molecule has 2 aliphatic heterocycles. The molecule has 0 spiro atoms. The molecule has 3 heterocycles. The zero-order valence-electron chi connectivity index (χ0n) is 20.6. The van der Waals surface area contributed by atoms with Gasteiger partial charge in [0.05, 0.1) is 11.1 Å². The highest BCUT2D eigenvalue weighted by molar-refractivity contribution is 5.97. The van der Waals surface area contributed by atoms with Crippen LogP contribution in [0.4, 0.5) is 0 Å². The maximum atomic E-state index is 13.6. The third kappa shape index (κ3) is 3.92. The van der Waals surface area contributed by atoms with Crippen molar-refractivity contribution in [3.05, 3.63) is 77.5 Å². The van der Waals surface area contributed by atoms with Gasteiger partial charge in [-0.3, -0.25) is 14.7 Å². The monoisotopic (exact) mass is 467 g/mol.